The number of hydrogen-bond donors (Lipinski definition) is 1. The molecule has 0 amide bonds. The van der Waals surface area contributed by atoms with E-state index in [0.717, 1.165) is 28.5 Å². The van der Waals surface area contributed by atoms with Gasteiger partial charge in [-0.2, -0.15) is 13.9 Å². The van der Waals surface area contributed by atoms with Crippen molar-refractivity contribution in [1.82, 2.24) is 15.2 Å². The molecule has 0 aliphatic carbocycles. The third-order valence-corrected chi connectivity index (χ3v) is 4.68. The van der Waals surface area contributed by atoms with Crippen LogP contribution in [-0.4, -0.2) is 27.6 Å². The minimum atomic E-state index is -3.49. The number of halogens is 4. The van der Waals surface area contributed by atoms with Crippen molar-refractivity contribution in [3.05, 3.63) is 69.8 Å². The second kappa shape index (κ2) is 6.49. The molecule has 0 fully saturated rings. The number of benzene rings is 1. The van der Waals surface area contributed by atoms with Gasteiger partial charge in [0.15, 0.2) is 12.0 Å². The average Bonchev–Trinajstić information content (AvgIpc) is 3.07. The number of pyridine rings is 1. The molecule has 5 nitrogen and oxygen atoms in total. The van der Waals surface area contributed by atoms with Crippen LogP contribution in [0.3, 0.4) is 0 Å². The van der Waals surface area contributed by atoms with E-state index in [1.807, 2.05) is 0 Å². The van der Waals surface area contributed by atoms with Gasteiger partial charge in [-0.1, -0.05) is 22.0 Å². The number of hydrogen-bond acceptors (Lipinski definition) is 4. The highest BCUT2D eigenvalue weighted by Crippen LogP contribution is 2.43. The Morgan fingerprint density at radius 2 is 2.00 bits per heavy atom. The van der Waals surface area contributed by atoms with Crippen molar-refractivity contribution in [1.29, 1.82) is 0 Å². The zero-order chi connectivity index (χ0) is 19.2. The van der Waals surface area contributed by atoms with Crippen LogP contribution in [0.1, 0.15) is 17.0 Å². The first-order valence-electron chi connectivity index (χ1n) is 8.00. The molecule has 1 aliphatic rings. The SMILES string of the molecule is Cc1cc(N2c3cc(Br)ccc3C=NC2C(F)(F)c2ccc(F)cn2)n[nH]1. The number of fused-ring (bicyclic) bond motifs is 1. The van der Waals surface area contributed by atoms with Crippen LogP contribution in [0.4, 0.5) is 24.7 Å². The number of H-pyrrole nitrogens is 1. The largest absolute Gasteiger partial charge is 0.329 e. The minimum Gasteiger partial charge on any atom is -0.296 e. The summed E-state index contributed by atoms with van der Waals surface area (Å²) in [6.07, 6.45) is 0.545. The van der Waals surface area contributed by atoms with E-state index >= 15 is 8.78 Å². The Balaban J connectivity index is 1.87. The summed E-state index contributed by atoms with van der Waals surface area (Å²) in [4.78, 5) is 9.01. The molecule has 4 rings (SSSR count). The van der Waals surface area contributed by atoms with Crippen LogP contribution in [-0.2, 0) is 5.92 Å². The number of aromatic amines is 1. The topological polar surface area (TPSA) is 57.2 Å². The van der Waals surface area contributed by atoms with E-state index in [2.05, 4.69) is 36.1 Å². The Morgan fingerprint density at radius 1 is 1.19 bits per heavy atom. The first-order chi connectivity index (χ1) is 12.9. The lowest BCUT2D eigenvalue weighted by Crippen LogP contribution is -2.45. The number of aryl methyl sites for hydroxylation is 1. The van der Waals surface area contributed by atoms with E-state index in [1.54, 1.807) is 31.2 Å². The van der Waals surface area contributed by atoms with E-state index in [1.165, 1.54) is 11.1 Å². The highest BCUT2D eigenvalue weighted by Gasteiger charge is 2.49. The van der Waals surface area contributed by atoms with Crippen molar-refractivity contribution < 1.29 is 13.2 Å². The molecule has 0 saturated carbocycles. The molecule has 0 saturated heterocycles. The van der Waals surface area contributed by atoms with Gasteiger partial charge in [-0.25, -0.2) is 4.39 Å². The van der Waals surface area contributed by atoms with Gasteiger partial charge in [0, 0.05) is 28.0 Å². The van der Waals surface area contributed by atoms with Crippen LogP contribution in [0.25, 0.3) is 0 Å². The molecule has 9 heteroatoms. The van der Waals surface area contributed by atoms with Gasteiger partial charge >= 0.3 is 5.92 Å². The maximum Gasteiger partial charge on any atom is 0.329 e. The molecule has 1 N–H and O–H groups in total. The Bertz CT molecular complexity index is 1020. The molecule has 138 valence electrons. The lowest BCUT2D eigenvalue weighted by molar-refractivity contribution is -0.0329. The summed E-state index contributed by atoms with van der Waals surface area (Å²) in [6.45, 7) is 1.78. The van der Waals surface area contributed by atoms with E-state index in [4.69, 9.17) is 0 Å². The number of nitrogens with zero attached hydrogens (tertiary/aromatic N) is 4. The molecule has 1 unspecified atom stereocenters. The summed E-state index contributed by atoms with van der Waals surface area (Å²) >= 11 is 3.38. The second-order valence-corrected chi connectivity index (χ2v) is 7.03. The van der Waals surface area contributed by atoms with E-state index < -0.39 is 23.6 Å². The molecule has 0 bridgehead atoms. The Morgan fingerprint density at radius 3 is 2.67 bits per heavy atom. The maximum atomic E-state index is 15.3. The van der Waals surface area contributed by atoms with Crippen molar-refractivity contribution in [2.45, 2.75) is 19.0 Å². The molecular formula is C18H13BrF3N5. The molecule has 2 aromatic heterocycles. The van der Waals surface area contributed by atoms with Crippen LogP contribution in [0.5, 0.6) is 0 Å². The lowest BCUT2D eigenvalue weighted by atomic mass is 10.1. The summed E-state index contributed by atoms with van der Waals surface area (Å²) in [5, 5.41) is 6.90. The van der Waals surface area contributed by atoms with Crippen LogP contribution in [0.15, 0.2) is 52.1 Å². The van der Waals surface area contributed by atoms with Gasteiger partial charge in [0.1, 0.15) is 11.5 Å². The van der Waals surface area contributed by atoms with Crippen molar-refractivity contribution >= 4 is 33.6 Å². The van der Waals surface area contributed by atoms with Gasteiger partial charge in [-0.05, 0) is 31.2 Å². The summed E-state index contributed by atoms with van der Waals surface area (Å²) in [7, 11) is 0. The van der Waals surface area contributed by atoms with Gasteiger partial charge < -0.3 is 0 Å². The Labute approximate surface area is 161 Å². The molecule has 0 radical (unpaired) electrons. The van der Waals surface area contributed by atoms with Crippen LogP contribution >= 0.6 is 15.9 Å². The highest BCUT2D eigenvalue weighted by atomic mass is 79.9. The third-order valence-electron chi connectivity index (χ3n) is 4.18. The first kappa shape index (κ1) is 17.7. The van der Waals surface area contributed by atoms with Crippen molar-refractivity contribution in [3.8, 4) is 0 Å². The summed E-state index contributed by atoms with van der Waals surface area (Å²) < 4.78 is 44.5. The fourth-order valence-electron chi connectivity index (χ4n) is 2.92. The molecule has 27 heavy (non-hydrogen) atoms. The van der Waals surface area contributed by atoms with Crippen molar-refractivity contribution in [3.63, 3.8) is 0 Å². The van der Waals surface area contributed by atoms with Crippen LogP contribution in [0.2, 0.25) is 0 Å². The molecule has 3 aromatic rings. The molecular weight excluding hydrogens is 423 g/mol. The van der Waals surface area contributed by atoms with E-state index in [9.17, 15) is 4.39 Å². The predicted octanol–water partition coefficient (Wildman–Crippen LogP) is 4.70. The van der Waals surface area contributed by atoms with Crippen molar-refractivity contribution in [2.24, 2.45) is 4.99 Å². The van der Waals surface area contributed by atoms with Gasteiger partial charge in [0.2, 0.25) is 0 Å². The van der Waals surface area contributed by atoms with Gasteiger partial charge in [-0.3, -0.25) is 20.0 Å². The monoisotopic (exact) mass is 435 g/mol. The fourth-order valence-corrected chi connectivity index (χ4v) is 3.27. The predicted molar refractivity (Wildman–Crippen MR) is 99.1 cm³/mol. The lowest BCUT2D eigenvalue weighted by Gasteiger charge is -2.37. The molecule has 1 aromatic carbocycles. The molecule has 3 heterocycles. The van der Waals surface area contributed by atoms with E-state index in [0.29, 0.717) is 17.1 Å². The summed E-state index contributed by atoms with van der Waals surface area (Å²) in [6, 6.07) is 8.89. The maximum absolute atomic E-state index is 15.3. The second-order valence-electron chi connectivity index (χ2n) is 6.12. The van der Waals surface area contributed by atoms with Crippen LogP contribution < -0.4 is 4.90 Å². The van der Waals surface area contributed by atoms with E-state index in [-0.39, 0.29) is 0 Å². The quantitative estimate of drug-likeness (QED) is 0.648. The summed E-state index contributed by atoms with van der Waals surface area (Å²) in [5.41, 5.74) is 1.36. The fraction of sp³-hybridized carbons (Fsp3) is 0.167. The standard InChI is InChI=1S/C18H13BrF3N5/c1-10-6-16(26-25-10)27-14-7-12(19)3-2-11(14)8-24-17(27)18(21,22)15-5-4-13(20)9-23-15/h2-9,17H,1H3,(H,25,26). The average molecular weight is 436 g/mol. The van der Waals surface area contributed by atoms with Gasteiger partial charge in [0.25, 0.3) is 0 Å². The molecule has 1 atom stereocenters. The number of alkyl halides is 2. The van der Waals surface area contributed by atoms with Gasteiger partial charge in [-0.15, -0.1) is 0 Å². The zero-order valence-electron chi connectivity index (χ0n) is 14.0. The number of aliphatic imine (C=N–C) groups is 1. The highest BCUT2D eigenvalue weighted by molar-refractivity contribution is 9.10. The number of aromatic nitrogens is 3. The molecule has 1 aliphatic heterocycles. The number of nitrogens with one attached hydrogen (secondary N) is 1. The smallest absolute Gasteiger partial charge is 0.296 e. The number of rotatable bonds is 3. The Hall–Kier alpha value is -2.68. The zero-order valence-corrected chi connectivity index (χ0v) is 15.6. The normalized spacial score (nSPS) is 16.5. The number of anilines is 2. The first-order valence-corrected chi connectivity index (χ1v) is 8.79. The third kappa shape index (κ3) is 3.12. The van der Waals surface area contributed by atoms with Crippen molar-refractivity contribution in [2.75, 3.05) is 4.90 Å². The Kier molecular flexibility index (Phi) is 4.26. The van der Waals surface area contributed by atoms with Crippen LogP contribution in [0, 0.1) is 12.7 Å². The summed E-state index contributed by atoms with van der Waals surface area (Å²) in [5.74, 6) is -3.87. The minimum absolute atomic E-state index is 0.301. The molecule has 0 spiro atoms. The van der Waals surface area contributed by atoms with Gasteiger partial charge in [0.05, 0.1) is 11.9 Å².